The SMILES string of the molecule is CCCCNC(=NCC(=O)N(C)C)Nc1ccc(OC)c(OC)c1. The average molecular weight is 336 g/mol. The average Bonchev–Trinajstić information content (AvgIpc) is 2.58. The lowest BCUT2D eigenvalue weighted by atomic mass is 10.2. The summed E-state index contributed by atoms with van der Waals surface area (Å²) in [6, 6.07) is 5.51. The lowest BCUT2D eigenvalue weighted by Gasteiger charge is -2.15. The number of guanidine groups is 1. The second-order valence-corrected chi connectivity index (χ2v) is 5.43. The Morgan fingerprint density at radius 2 is 1.92 bits per heavy atom. The number of amides is 1. The van der Waals surface area contributed by atoms with Crippen molar-refractivity contribution in [3.63, 3.8) is 0 Å². The minimum Gasteiger partial charge on any atom is -0.493 e. The highest BCUT2D eigenvalue weighted by atomic mass is 16.5. The third-order valence-corrected chi connectivity index (χ3v) is 3.34. The van der Waals surface area contributed by atoms with Crippen LogP contribution in [0.15, 0.2) is 23.2 Å². The smallest absolute Gasteiger partial charge is 0.243 e. The van der Waals surface area contributed by atoms with E-state index >= 15 is 0 Å². The number of unbranched alkanes of at least 4 members (excludes halogenated alkanes) is 1. The molecule has 7 heteroatoms. The van der Waals surface area contributed by atoms with E-state index in [0.717, 1.165) is 25.1 Å². The molecular weight excluding hydrogens is 308 g/mol. The number of aliphatic imine (C=N–C) groups is 1. The summed E-state index contributed by atoms with van der Waals surface area (Å²) in [4.78, 5) is 17.6. The van der Waals surface area contributed by atoms with Gasteiger partial charge in [-0.3, -0.25) is 4.79 Å². The first kappa shape index (κ1) is 19.6. The van der Waals surface area contributed by atoms with Gasteiger partial charge >= 0.3 is 0 Å². The molecule has 0 saturated heterocycles. The summed E-state index contributed by atoms with van der Waals surface area (Å²) in [5.41, 5.74) is 0.799. The van der Waals surface area contributed by atoms with Crippen LogP contribution in [0.1, 0.15) is 19.8 Å². The van der Waals surface area contributed by atoms with Gasteiger partial charge < -0.3 is 25.0 Å². The molecule has 0 bridgehead atoms. The number of anilines is 1. The van der Waals surface area contributed by atoms with Gasteiger partial charge in [0.05, 0.1) is 14.2 Å². The van der Waals surface area contributed by atoms with Crippen molar-refractivity contribution in [1.82, 2.24) is 10.2 Å². The summed E-state index contributed by atoms with van der Waals surface area (Å²) in [5, 5.41) is 6.42. The van der Waals surface area contributed by atoms with E-state index in [1.807, 2.05) is 18.2 Å². The van der Waals surface area contributed by atoms with Gasteiger partial charge in [0.1, 0.15) is 6.54 Å². The second kappa shape index (κ2) is 10.4. The third-order valence-electron chi connectivity index (χ3n) is 3.34. The molecular formula is C17H28N4O3. The molecule has 0 aliphatic rings. The molecule has 0 heterocycles. The number of ether oxygens (including phenoxy) is 2. The van der Waals surface area contributed by atoms with Crippen LogP contribution in [0.4, 0.5) is 5.69 Å². The van der Waals surface area contributed by atoms with Crippen LogP contribution in [0.5, 0.6) is 11.5 Å². The first-order chi connectivity index (χ1) is 11.5. The van der Waals surface area contributed by atoms with Crippen molar-refractivity contribution in [1.29, 1.82) is 0 Å². The van der Waals surface area contributed by atoms with Gasteiger partial charge in [0, 0.05) is 32.4 Å². The number of hydrogen-bond acceptors (Lipinski definition) is 4. The number of benzene rings is 1. The van der Waals surface area contributed by atoms with Crippen LogP contribution in [0, 0.1) is 0 Å². The minimum absolute atomic E-state index is 0.0566. The molecule has 0 spiro atoms. The Morgan fingerprint density at radius 1 is 1.21 bits per heavy atom. The molecule has 1 amide bonds. The molecule has 0 saturated carbocycles. The van der Waals surface area contributed by atoms with Crippen LogP contribution in [-0.2, 0) is 4.79 Å². The fourth-order valence-corrected chi connectivity index (χ4v) is 1.86. The molecule has 0 aromatic heterocycles. The quantitative estimate of drug-likeness (QED) is 0.431. The fourth-order valence-electron chi connectivity index (χ4n) is 1.86. The Morgan fingerprint density at radius 3 is 2.50 bits per heavy atom. The molecule has 1 rings (SSSR count). The molecule has 0 aliphatic carbocycles. The Labute approximate surface area is 144 Å². The van der Waals surface area contributed by atoms with Crippen molar-refractivity contribution in [2.75, 3.05) is 46.7 Å². The number of hydrogen-bond donors (Lipinski definition) is 2. The molecule has 0 aliphatic heterocycles. The summed E-state index contributed by atoms with van der Waals surface area (Å²) < 4.78 is 10.5. The molecule has 0 atom stereocenters. The van der Waals surface area contributed by atoms with Gasteiger partial charge in [-0.15, -0.1) is 0 Å². The van der Waals surface area contributed by atoms with Crippen LogP contribution in [-0.4, -0.2) is 58.2 Å². The van der Waals surface area contributed by atoms with Gasteiger partial charge in [-0.2, -0.15) is 0 Å². The zero-order valence-electron chi connectivity index (χ0n) is 15.2. The Kier molecular flexibility index (Phi) is 8.46. The Hall–Kier alpha value is -2.44. The maximum absolute atomic E-state index is 11.7. The van der Waals surface area contributed by atoms with E-state index in [0.29, 0.717) is 17.5 Å². The summed E-state index contributed by atoms with van der Waals surface area (Å²) in [6.07, 6.45) is 2.10. The highest BCUT2D eigenvalue weighted by Gasteiger charge is 2.08. The molecule has 24 heavy (non-hydrogen) atoms. The van der Waals surface area contributed by atoms with Crippen LogP contribution < -0.4 is 20.1 Å². The fraction of sp³-hybridized carbons (Fsp3) is 0.529. The molecule has 1 aromatic carbocycles. The number of rotatable bonds is 8. The van der Waals surface area contributed by atoms with Gasteiger partial charge in [-0.25, -0.2) is 4.99 Å². The monoisotopic (exact) mass is 336 g/mol. The van der Waals surface area contributed by atoms with E-state index in [1.165, 1.54) is 4.90 Å². The van der Waals surface area contributed by atoms with Crippen molar-refractivity contribution in [2.24, 2.45) is 4.99 Å². The van der Waals surface area contributed by atoms with Gasteiger partial charge in [0.2, 0.25) is 5.91 Å². The van der Waals surface area contributed by atoms with Crippen molar-refractivity contribution in [3.05, 3.63) is 18.2 Å². The normalized spacial score (nSPS) is 11.0. The van der Waals surface area contributed by atoms with Crippen LogP contribution in [0.2, 0.25) is 0 Å². The molecule has 0 fully saturated rings. The predicted octanol–water partition coefficient (Wildman–Crippen LogP) is 1.95. The predicted molar refractivity (Wildman–Crippen MR) is 97.1 cm³/mol. The highest BCUT2D eigenvalue weighted by molar-refractivity contribution is 5.95. The third kappa shape index (κ3) is 6.36. The molecule has 134 valence electrons. The van der Waals surface area contributed by atoms with Gasteiger partial charge in [-0.05, 0) is 18.6 Å². The highest BCUT2D eigenvalue weighted by Crippen LogP contribution is 2.29. The molecule has 0 unspecified atom stereocenters. The standard InChI is InChI=1S/C17H28N4O3/c1-6-7-10-18-17(19-12-16(22)21(2)3)20-13-8-9-14(23-4)15(11-13)24-5/h8-9,11H,6-7,10,12H2,1-5H3,(H2,18,19,20). The number of nitrogens with zero attached hydrogens (tertiary/aromatic N) is 2. The second-order valence-electron chi connectivity index (χ2n) is 5.43. The number of methoxy groups -OCH3 is 2. The van der Waals surface area contributed by atoms with Crippen molar-refractivity contribution >= 4 is 17.6 Å². The number of likely N-dealkylation sites (N-methyl/N-ethyl adjacent to an activating group) is 1. The number of carbonyl (C=O) groups is 1. The molecule has 0 radical (unpaired) electrons. The summed E-state index contributed by atoms with van der Waals surface area (Å²) in [7, 11) is 6.61. The summed E-state index contributed by atoms with van der Waals surface area (Å²) in [5.74, 6) is 1.79. The molecule has 1 aromatic rings. The summed E-state index contributed by atoms with van der Waals surface area (Å²) >= 11 is 0. The van der Waals surface area contributed by atoms with E-state index in [-0.39, 0.29) is 12.5 Å². The van der Waals surface area contributed by atoms with E-state index in [9.17, 15) is 4.79 Å². The zero-order chi connectivity index (χ0) is 17.9. The number of nitrogens with one attached hydrogen (secondary N) is 2. The first-order valence-corrected chi connectivity index (χ1v) is 7.99. The van der Waals surface area contributed by atoms with E-state index in [2.05, 4.69) is 22.5 Å². The maximum atomic E-state index is 11.7. The largest absolute Gasteiger partial charge is 0.493 e. The van der Waals surface area contributed by atoms with Gasteiger partial charge in [-0.1, -0.05) is 13.3 Å². The van der Waals surface area contributed by atoms with Crippen molar-refractivity contribution < 1.29 is 14.3 Å². The van der Waals surface area contributed by atoms with E-state index in [1.54, 1.807) is 28.3 Å². The number of carbonyl (C=O) groups excluding carboxylic acids is 1. The lowest BCUT2D eigenvalue weighted by molar-refractivity contribution is -0.127. The molecule has 7 nitrogen and oxygen atoms in total. The van der Waals surface area contributed by atoms with Crippen molar-refractivity contribution in [3.8, 4) is 11.5 Å². The molecule has 2 N–H and O–H groups in total. The van der Waals surface area contributed by atoms with E-state index in [4.69, 9.17) is 9.47 Å². The van der Waals surface area contributed by atoms with Gasteiger partial charge in [0.15, 0.2) is 17.5 Å². The zero-order valence-corrected chi connectivity index (χ0v) is 15.2. The van der Waals surface area contributed by atoms with Crippen LogP contribution in [0.25, 0.3) is 0 Å². The van der Waals surface area contributed by atoms with Gasteiger partial charge in [0.25, 0.3) is 0 Å². The maximum Gasteiger partial charge on any atom is 0.243 e. The van der Waals surface area contributed by atoms with E-state index < -0.39 is 0 Å². The van der Waals surface area contributed by atoms with Crippen molar-refractivity contribution in [2.45, 2.75) is 19.8 Å². The van der Waals surface area contributed by atoms with Crippen LogP contribution >= 0.6 is 0 Å². The van der Waals surface area contributed by atoms with Crippen LogP contribution in [0.3, 0.4) is 0 Å². The topological polar surface area (TPSA) is 75.2 Å². The summed E-state index contributed by atoms with van der Waals surface area (Å²) in [6.45, 7) is 2.99. The first-order valence-electron chi connectivity index (χ1n) is 7.99. The lowest BCUT2D eigenvalue weighted by Crippen LogP contribution is -2.33. The Balaban J connectivity index is 2.86. The minimum atomic E-state index is -0.0566. The Bertz CT molecular complexity index is 559.